The Morgan fingerprint density at radius 3 is 2.19 bits per heavy atom. The third-order valence-electron chi connectivity index (χ3n) is 4.20. The van der Waals surface area contributed by atoms with E-state index in [2.05, 4.69) is 15.5 Å². The molecule has 0 aromatic heterocycles. The van der Waals surface area contributed by atoms with Crippen LogP contribution in [0.15, 0.2) is 54.6 Å². The van der Waals surface area contributed by atoms with Crippen LogP contribution in [0.25, 0.3) is 0 Å². The highest BCUT2D eigenvalue weighted by atomic mass is 19.3. The molecule has 2 atom stereocenters. The average molecular weight is 450 g/mol. The first-order valence-corrected chi connectivity index (χ1v) is 10.1. The van der Waals surface area contributed by atoms with Gasteiger partial charge in [0.2, 0.25) is 0 Å². The van der Waals surface area contributed by atoms with Crippen LogP contribution in [-0.2, 0) is 20.8 Å². The molecule has 2 N–H and O–H groups in total. The minimum atomic E-state index is -2.91. The van der Waals surface area contributed by atoms with E-state index < -0.39 is 36.4 Å². The number of hydrogen-bond acceptors (Lipinski definition) is 5. The number of nitrogens with one attached hydrogen (secondary N) is 2. The predicted molar refractivity (Wildman–Crippen MR) is 114 cm³/mol. The van der Waals surface area contributed by atoms with Gasteiger partial charge in [0.15, 0.2) is 6.10 Å². The van der Waals surface area contributed by atoms with Gasteiger partial charge in [-0.25, -0.2) is 4.79 Å². The van der Waals surface area contributed by atoms with Crippen LogP contribution in [0.5, 0.6) is 5.75 Å². The minimum absolute atomic E-state index is 0.0223. The number of benzene rings is 2. The zero-order chi connectivity index (χ0) is 23.7. The van der Waals surface area contributed by atoms with Gasteiger partial charge in [0.1, 0.15) is 11.4 Å². The molecule has 0 fully saturated rings. The van der Waals surface area contributed by atoms with Crippen molar-refractivity contribution in [2.75, 3.05) is 0 Å². The fraction of sp³-hybridized carbons (Fsp3) is 0.391. The zero-order valence-corrected chi connectivity index (χ0v) is 18.4. The Hall–Kier alpha value is -3.20. The molecule has 2 rings (SSSR count). The maximum atomic E-state index is 12.9. The molecule has 0 radical (unpaired) electrons. The first-order chi connectivity index (χ1) is 15.0. The number of amides is 2. The summed E-state index contributed by atoms with van der Waals surface area (Å²) in [5.41, 5.74) is 2.96. The van der Waals surface area contributed by atoms with Crippen LogP contribution < -0.4 is 15.5 Å². The molecule has 0 aliphatic carbocycles. The van der Waals surface area contributed by atoms with Crippen molar-refractivity contribution in [3.8, 4) is 5.75 Å². The van der Waals surface area contributed by atoms with Gasteiger partial charge in [0.25, 0.3) is 5.91 Å². The summed E-state index contributed by atoms with van der Waals surface area (Å²) in [7, 11) is 0. The molecule has 0 spiro atoms. The van der Waals surface area contributed by atoms with Crippen LogP contribution in [0.1, 0.15) is 44.9 Å². The first kappa shape index (κ1) is 25.1. The average Bonchev–Trinajstić information content (AvgIpc) is 2.70. The van der Waals surface area contributed by atoms with Gasteiger partial charge in [-0.2, -0.15) is 14.3 Å². The third-order valence-corrected chi connectivity index (χ3v) is 4.20. The molecule has 0 saturated heterocycles. The van der Waals surface area contributed by atoms with Crippen molar-refractivity contribution in [3.05, 3.63) is 65.7 Å². The largest absolute Gasteiger partial charge is 0.442 e. The number of ether oxygens (including phenoxy) is 2. The summed E-state index contributed by atoms with van der Waals surface area (Å²) in [6.45, 7) is 3.95. The molecule has 2 aromatic rings. The van der Waals surface area contributed by atoms with E-state index >= 15 is 0 Å². The Kier molecular flexibility index (Phi) is 8.95. The monoisotopic (exact) mass is 450 g/mol. The molecular formula is C23H28F2N2O5. The lowest BCUT2D eigenvalue weighted by atomic mass is 10.1. The fourth-order valence-electron chi connectivity index (χ4n) is 2.76. The molecule has 32 heavy (non-hydrogen) atoms. The minimum Gasteiger partial charge on any atom is -0.442 e. The van der Waals surface area contributed by atoms with Crippen molar-refractivity contribution in [2.24, 2.45) is 0 Å². The van der Waals surface area contributed by atoms with Gasteiger partial charge in [0.05, 0.1) is 6.04 Å². The summed E-state index contributed by atoms with van der Waals surface area (Å²) >= 11 is 0. The topological polar surface area (TPSA) is 85.9 Å². The van der Waals surface area contributed by atoms with Crippen molar-refractivity contribution in [2.45, 2.75) is 58.5 Å². The second kappa shape index (κ2) is 11.4. The SMILES string of the molecule is CC(NC(=O)C(Cc1ccccc1)ONC(=O)OC(C)(C)C)c1ccc(OC(F)F)cc1. The number of rotatable bonds is 9. The molecular weight excluding hydrogens is 422 g/mol. The molecule has 2 amide bonds. The molecule has 2 aromatic carbocycles. The number of carbonyl (C=O) groups excluding carboxylic acids is 2. The van der Waals surface area contributed by atoms with E-state index in [0.29, 0.717) is 5.56 Å². The molecule has 9 heteroatoms. The maximum Gasteiger partial charge on any atom is 0.431 e. The Labute approximate surface area is 186 Å². The van der Waals surface area contributed by atoms with Crippen molar-refractivity contribution in [1.29, 1.82) is 0 Å². The standard InChI is InChI=1S/C23H28F2N2O5/c1-15(17-10-12-18(13-11-17)30-21(24)25)26-20(28)19(14-16-8-6-5-7-9-16)32-27-22(29)31-23(2,3)4/h5-13,15,19,21H,14H2,1-4H3,(H,26,28)(H,27,29). The van der Waals surface area contributed by atoms with Gasteiger partial charge in [-0.3, -0.25) is 9.63 Å². The Balaban J connectivity index is 2.04. The van der Waals surface area contributed by atoms with Crippen LogP contribution in [0.2, 0.25) is 0 Å². The molecule has 0 bridgehead atoms. The molecule has 0 heterocycles. The highest BCUT2D eigenvalue weighted by Gasteiger charge is 2.25. The normalized spacial score (nSPS) is 13.2. The Morgan fingerprint density at radius 1 is 1.00 bits per heavy atom. The molecule has 0 aliphatic rings. The Bertz CT molecular complexity index is 870. The van der Waals surface area contributed by atoms with E-state index in [4.69, 9.17) is 9.57 Å². The van der Waals surface area contributed by atoms with E-state index in [1.165, 1.54) is 12.1 Å². The highest BCUT2D eigenvalue weighted by Crippen LogP contribution is 2.19. The second-order valence-electron chi connectivity index (χ2n) is 8.08. The van der Waals surface area contributed by atoms with E-state index in [-0.39, 0.29) is 12.2 Å². The van der Waals surface area contributed by atoms with Gasteiger partial charge in [-0.1, -0.05) is 42.5 Å². The lowest BCUT2D eigenvalue weighted by Crippen LogP contribution is -2.44. The first-order valence-electron chi connectivity index (χ1n) is 10.1. The fourth-order valence-corrected chi connectivity index (χ4v) is 2.76. The van der Waals surface area contributed by atoms with Crippen LogP contribution >= 0.6 is 0 Å². The molecule has 0 aliphatic heterocycles. The molecule has 0 saturated carbocycles. The van der Waals surface area contributed by atoms with E-state index in [0.717, 1.165) is 5.56 Å². The van der Waals surface area contributed by atoms with Gasteiger partial charge in [0, 0.05) is 6.42 Å². The van der Waals surface area contributed by atoms with E-state index in [1.54, 1.807) is 39.8 Å². The summed E-state index contributed by atoms with van der Waals surface area (Å²) in [5, 5.41) is 2.80. The van der Waals surface area contributed by atoms with Crippen LogP contribution in [0, 0.1) is 0 Å². The number of carbonyl (C=O) groups is 2. The van der Waals surface area contributed by atoms with Crippen LogP contribution in [0.4, 0.5) is 13.6 Å². The molecule has 2 unspecified atom stereocenters. The van der Waals surface area contributed by atoms with E-state index in [1.807, 2.05) is 30.3 Å². The quantitative estimate of drug-likeness (QED) is 0.548. The number of hydrogen-bond donors (Lipinski definition) is 2. The highest BCUT2D eigenvalue weighted by molar-refractivity contribution is 5.81. The van der Waals surface area contributed by atoms with Crippen molar-refractivity contribution in [3.63, 3.8) is 0 Å². The van der Waals surface area contributed by atoms with Crippen molar-refractivity contribution in [1.82, 2.24) is 10.8 Å². The summed E-state index contributed by atoms with van der Waals surface area (Å²) in [6, 6.07) is 14.7. The summed E-state index contributed by atoms with van der Waals surface area (Å²) in [4.78, 5) is 30.2. The third kappa shape index (κ3) is 8.89. The summed E-state index contributed by atoms with van der Waals surface area (Å²) in [5.74, 6) is -0.445. The Morgan fingerprint density at radius 2 is 1.62 bits per heavy atom. The van der Waals surface area contributed by atoms with Gasteiger partial charge >= 0.3 is 12.7 Å². The molecule has 174 valence electrons. The lowest BCUT2D eigenvalue weighted by Gasteiger charge is -2.23. The number of halogens is 2. The van der Waals surface area contributed by atoms with Crippen molar-refractivity contribution < 1.29 is 32.7 Å². The zero-order valence-electron chi connectivity index (χ0n) is 18.4. The predicted octanol–water partition coefficient (Wildman–Crippen LogP) is 4.53. The number of alkyl halides is 2. The van der Waals surface area contributed by atoms with Gasteiger partial charge < -0.3 is 14.8 Å². The summed E-state index contributed by atoms with van der Waals surface area (Å²) in [6.07, 6.45) is -1.64. The number of hydroxylamine groups is 1. The van der Waals surface area contributed by atoms with Crippen LogP contribution in [-0.4, -0.2) is 30.3 Å². The lowest BCUT2D eigenvalue weighted by molar-refractivity contribution is -0.138. The van der Waals surface area contributed by atoms with E-state index in [9.17, 15) is 18.4 Å². The molecule has 7 nitrogen and oxygen atoms in total. The van der Waals surface area contributed by atoms with Crippen LogP contribution in [0.3, 0.4) is 0 Å². The maximum absolute atomic E-state index is 12.9. The van der Waals surface area contributed by atoms with Gasteiger partial charge in [-0.15, -0.1) is 0 Å². The summed E-state index contributed by atoms with van der Waals surface area (Å²) < 4.78 is 34.1. The van der Waals surface area contributed by atoms with Crippen molar-refractivity contribution >= 4 is 12.0 Å². The smallest absolute Gasteiger partial charge is 0.431 e. The van der Waals surface area contributed by atoms with Gasteiger partial charge in [-0.05, 0) is 51.0 Å². The second-order valence-corrected chi connectivity index (χ2v) is 8.08.